The van der Waals surface area contributed by atoms with Crippen LogP contribution in [0.5, 0.6) is 0 Å². The minimum absolute atomic E-state index is 0.0110. The molecule has 0 saturated carbocycles. The summed E-state index contributed by atoms with van der Waals surface area (Å²) in [6, 6.07) is 0.972. The Morgan fingerprint density at radius 2 is 2.14 bits per heavy atom. The number of hydrogen-bond donors (Lipinski definition) is 2. The quantitative estimate of drug-likeness (QED) is 0.720. The monoisotopic (exact) mass is 331 g/mol. The maximum atomic E-state index is 12.6. The number of nitrogens with zero attached hydrogens (tertiary/aromatic N) is 5. The average Bonchev–Trinajstić information content (AvgIpc) is 3.01. The van der Waals surface area contributed by atoms with Crippen LogP contribution in [0.25, 0.3) is 11.2 Å². The molecule has 7 nitrogen and oxygen atoms in total. The fourth-order valence-corrected chi connectivity index (χ4v) is 2.08. The maximum absolute atomic E-state index is 12.6. The number of nitrogens with one attached hydrogen (secondary N) is 2. The van der Waals surface area contributed by atoms with E-state index in [0.29, 0.717) is 22.7 Å². The topological polar surface area (TPSA) is 84.3 Å². The van der Waals surface area contributed by atoms with E-state index in [4.69, 9.17) is 11.6 Å². The third-order valence-corrected chi connectivity index (χ3v) is 3.13. The summed E-state index contributed by atoms with van der Waals surface area (Å²) in [5, 5.41) is 6.33. The molecule has 0 aromatic carbocycles. The van der Waals surface area contributed by atoms with E-state index in [1.54, 1.807) is 0 Å². The Kier molecular flexibility index (Phi) is 3.39. The highest BCUT2D eigenvalue weighted by atomic mass is 35.5. The standard InChI is InChI=1S/C11H9ClF3N7/c1-22-5(2-6(21-22)11(13,14)15)3-16-8-7-9(18-4-17-7)20-10(12)19-8/h2,4H,3H2,1H3,(H2,16,17,18,19,20). The first-order chi connectivity index (χ1) is 10.3. The second-order valence-corrected chi connectivity index (χ2v) is 4.78. The maximum Gasteiger partial charge on any atom is 0.435 e. The van der Waals surface area contributed by atoms with Crippen molar-refractivity contribution in [3.05, 3.63) is 29.1 Å². The Hall–Kier alpha value is -2.36. The molecule has 116 valence electrons. The number of imidazole rings is 1. The fourth-order valence-electron chi connectivity index (χ4n) is 1.92. The number of fused-ring (bicyclic) bond motifs is 1. The average molecular weight is 332 g/mol. The number of aryl methyl sites for hydroxylation is 1. The number of alkyl halides is 3. The molecule has 11 heteroatoms. The molecule has 0 atom stereocenters. The predicted octanol–water partition coefficient (Wildman–Crippen LogP) is 2.37. The number of aromatic nitrogens is 6. The second-order valence-electron chi connectivity index (χ2n) is 4.44. The van der Waals surface area contributed by atoms with E-state index in [2.05, 4.69) is 30.4 Å². The van der Waals surface area contributed by atoms with E-state index in [9.17, 15) is 13.2 Å². The summed E-state index contributed by atoms with van der Waals surface area (Å²) in [6.45, 7) is 0.0844. The molecule has 0 fully saturated rings. The van der Waals surface area contributed by atoms with E-state index in [-0.39, 0.29) is 11.8 Å². The Bertz CT molecular complexity index is 823. The number of anilines is 1. The first-order valence-corrected chi connectivity index (χ1v) is 6.43. The predicted molar refractivity (Wildman–Crippen MR) is 72.2 cm³/mol. The van der Waals surface area contributed by atoms with E-state index in [0.717, 1.165) is 10.7 Å². The molecule has 0 amide bonds. The van der Waals surface area contributed by atoms with Gasteiger partial charge >= 0.3 is 6.18 Å². The van der Waals surface area contributed by atoms with Crippen molar-refractivity contribution in [2.24, 2.45) is 7.05 Å². The zero-order valence-corrected chi connectivity index (χ0v) is 11.9. The molecule has 0 radical (unpaired) electrons. The molecule has 0 aliphatic heterocycles. The van der Waals surface area contributed by atoms with Gasteiger partial charge in [0, 0.05) is 7.05 Å². The number of H-pyrrole nitrogens is 1. The van der Waals surface area contributed by atoms with Gasteiger partial charge in [-0.2, -0.15) is 28.2 Å². The first kappa shape index (κ1) is 14.6. The smallest absolute Gasteiger partial charge is 0.362 e. The third-order valence-electron chi connectivity index (χ3n) is 2.96. The van der Waals surface area contributed by atoms with E-state index in [1.165, 1.54) is 13.4 Å². The van der Waals surface area contributed by atoms with Crippen LogP contribution in [-0.4, -0.2) is 29.7 Å². The largest absolute Gasteiger partial charge is 0.435 e. The zero-order valence-electron chi connectivity index (χ0n) is 11.1. The molecule has 0 bridgehead atoms. The van der Waals surface area contributed by atoms with Gasteiger partial charge in [-0.3, -0.25) is 4.68 Å². The molecule has 0 aliphatic carbocycles. The lowest BCUT2D eigenvalue weighted by molar-refractivity contribution is -0.141. The number of aromatic amines is 1. The number of rotatable bonds is 3. The van der Waals surface area contributed by atoms with Crippen molar-refractivity contribution in [3.8, 4) is 0 Å². The van der Waals surface area contributed by atoms with E-state index in [1.807, 2.05) is 0 Å². The fraction of sp³-hybridized carbons (Fsp3) is 0.273. The van der Waals surface area contributed by atoms with Crippen molar-refractivity contribution in [3.63, 3.8) is 0 Å². The summed E-state index contributed by atoms with van der Waals surface area (Å²) in [4.78, 5) is 14.7. The number of hydrogen-bond acceptors (Lipinski definition) is 5. The molecule has 3 aromatic heterocycles. The van der Waals surface area contributed by atoms with Gasteiger partial charge in [0.25, 0.3) is 0 Å². The van der Waals surface area contributed by atoms with Gasteiger partial charge in [0.15, 0.2) is 17.2 Å². The Balaban J connectivity index is 1.85. The van der Waals surface area contributed by atoms with Gasteiger partial charge < -0.3 is 10.3 Å². The van der Waals surface area contributed by atoms with E-state index >= 15 is 0 Å². The van der Waals surface area contributed by atoms with Crippen LogP contribution in [0.15, 0.2) is 12.4 Å². The Labute approximate surface area is 126 Å². The van der Waals surface area contributed by atoms with Crippen molar-refractivity contribution in [1.82, 2.24) is 29.7 Å². The highest BCUT2D eigenvalue weighted by Gasteiger charge is 2.34. The van der Waals surface area contributed by atoms with Crippen LogP contribution in [0.2, 0.25) is 5.28 Å². The molecule has 2 N–H and O–H groups in total. The van der Waals surface area contributed by atoms with Crippen molar-refractivity contribution in [1.29, 1.82) is 0 Å². The minimum Gasteiger partial charge on any atom is -0.362 e. The van der Waals surface area contributed by atoms with Crippen molar-refractivity contribution >= 4 is 28.6 Å². The molecular weight excluding hydrogens is 323 g/mol. The summed E-state index contributed by atoms with van der Waals surface area (Å²) >= 11 is 5.78. The van der Waals surface area contributed by atoms with Gasteiger partial charge in [-0.05, 0) is 17.7 Å². The molecule has 3 aromatic rings. The highest BCUT2D eigenvalue weighted by molar-refractivity contribution is 6.28. The lowest BCUT2D eigenvalue weighted by Crippen LogP contribution is -2.08. The van der Waals surface area contributed by atoms with Crippen LogP contribution in [-0.2, 0) is 19.8 Å². The van der Waals surface area contributed by atoms with Crippen LogP contribution in [0.3, 0.4) is 0 Å². The van der Waals surface area contributed by atoms with Crippen molar-refractivity contribution in [2.75, 3.05) is 5.32 Å². The van der Waals surface area contributed by atoms with Crippen LogP contribution >= 0.6 is 11.6 Å². The summed E-state index contributed by atoms with van der Waals surface area (Å²) in [7, 11) is 1.44. The Morgan fingerprint density at radius 1 is 1.36 bits per heavy atom. The molecule has 0 aliphatic rings. The summed E-state index contributed by atoms with van der Waals surface area (Å²) in [5.74, 6) is 0.349. The van der Waals surface area contributed by atoms with Gasteiger partial charge in [0.05, 0.1) is 18.6 Å². The molecule has 0 saturated heterocycles. The zero-order chi connectivity index (χ0) is 15.9. The summed E-state index contributed by atoms with van der Waals surface area (Å²) in [5.41, 5.74) is 0.278. The van der Waals surface area contributed by atoms with E-state index < -0.39 is 11.9 Å². The molecule has 22 heavy (non-hydrogen) atoms. The van der Waals surface area contributed by atoms with Gasteiger partial charge in [-0.1, -0.05) is 0 Å². The molecule has 3 rings (SSSR count). The highest BCUT2D eigenvalue weighted by Crippen LogP contribution is 2.28. The minimum atomic E-state index is -4.48. The van der Waals surface area contributed by atoms with Crippen LogP contribution in [0.4, 0.5) is 19.0 Å². The molecule has 0 unspecified atom stereocenters. The van der Waals surface area contributed by atoms with Crippen LogP contribution in [0.1, 0.15) is 11.4 Å². The lowest BCUT2D eigenvalue weighted by Gasteiger charge is -2.06. The lowest BCUT2D eigenvalue weighted by atomic mass is 10.3. The molecule has 0 spiro atoms. The van der Waals surface area contributed by atoms with Crippen LogP contribution < -0.4 is 5.32 Å². The van der Waals surface area contributed by atoms with Gasteiger partial charge in [-0.25, -0.2) is 4.98 Å². The second kappa shape index (κ2) is 5.13. The van der Waals surface area contributed by atoms with Crippen molar-refractivity contribution in [2.45, 2.75) is 12.7 Å². The summed E-state index contributed by atoms with van der Waals surface area (Å²) < 4.78 is 39.0. The van der Waals surface area contributed by atoms with Gasteiger partial charge in [0.1, 0.15) is 5.52 Å². The SMILES string of the molecule is Cn1nc(C(F)(F)F)cc1CNc1nc(Cl)nc2nc[nH]c12. The summed E-state index contributed by atoms with van der Waals surface area (Å²) in [6.07, 6.45) is -3.06. The van der Waals surface area contributed by atoms with Gasteiger partial charge in [0.2, 0.25) is 5.28 Å². The Morgan fingerprint density at radius 3 is 2.82 bits per heavy atom. The first-order valence-electron chi connectivity index (χ1n) is 6.05. The normalized spacial score (nSPS) is 12.0. The number of halogens is 4. The molecular formula is C11H9ClF3N7. The van der Waals surface area contributed by atoms with Gasteiger partial charge in [-0.15, -0.1) is 0 Å². The van der Waals surface area contributed by atoms with Crippen molar-refractivity contribution < 1.29 is 13.2 Å². The van der Waals surface area contributed by atoms with Crippen LogP contribution in [0, 0.1) is 0 Å². The molecule has 3 heterocycles. The third kappa shape index (κ3) is 2.69.